The van der Waals surface area contributed by atoms with E-state index < -0.39 is 17.9 Å². The minimum Gasteiger partial charge on any atom is -0.493 e. The van der Waals surface area contributed by atoms with Crippen LogP contribution in [0.25, 0.3) is 0 Å². The summed E-state index contributed by atoms with van der Waals surface area (Å²) in [5, 5.41) is 14.5. The predicted octanol–water partition coefficient (Wildman–Crippen LogP) is 1.83. The van der Waals surface area contributed by atoms with E-state index >= 15 is 0 Å². The van der Waals surface area contributed by atoms with Gasteiger partial charge < -0.3 is 25.2 Å². The molecule has 1 atom stereocenters. The summed E-state index contributed by atoms with van der Waals surface area (Å²) in [5.74, 6) is -1.17. The summed E-state index contributed by atoms with van der Waals surface area (Å²) in [6.45, 7) is 7.26. The maximum atomic E-state index is 12.4. The molecule has 27 heavy (non-hydrogen) atoms. The summed E-state index contributed by atoms with van der Waals surface area (Å²) in [6.07, 6.45) is 0.324. The van der Waals surface area contributed by atoms with Crippen LogP contribution in [0.4, 0.5) is 0 Å². The number of hydrogen-bond donors (Lipinski definition) is 3. The lowest BCUT2D eigenvalue weighted by Gasteiger charge is -2.17. The van der Waals surface area contributed by atoms with Gasteiger partial charge in [0.15, 0.2) is 18.1 Å². The monoisotopic (exact) mass is 380 g/mol. The molecular formula is C19H28N2O6. The molecule has 0 unspecified atom stereocenters. The van der Waals surface area contributed by atoms with Crippen molar-refractivity contribution < 1.29 is 29.0 Å². The van der Waals surface area contributed by atoms with Crippen molar-refractivity contribution in [2.24, 2.45) is 5.92 Å². The lowest BCUT2D eigenvalue weighted by molar-refractivity contribution is -0.139. The molecule has 0 aliphatic carbocycles. The van der Waals surface area contributed by atoms with Gasteiger partial charge in [-0.15, -0.1) is 0 Å². The molecule has 0 bridgehead atoms. The normalized spacial score (nSPS) is 11.8. The van der Waals surface area contributed by atoms with Crippen LogP contribution in [0.1, 0.15) is 44.5 Å². The highest BCUT2D eigenvalue weighted by molar-refractivity contribution is 5.97. The largest absolute Gasteiger partial charge is 0.493 e. The van der Waals surface area contributed by atoms with E-state index in [1.807, 2.05) is 27.7 Å². The number of methoxy groups -OCH3 is 1. The van der Waals surface area contributed by atoms with E-state index in [4.69, 9.17) is 9.47 Å². The minimum atomic E-state index is -1.08. The van der Waals surface area contributed by atoms with Gasteiger partial charge in [-0.3, -0.25) is 9.59 Å². The summed E-state index contributed by atoms with van der Waals surface area (Å²) < 4.78 is 10.6. The fourth-order valence-electron chi connectivity index (χ4n) is 2.37. The first-order valence-electron chi connectivity index (χ1n) is 8.77. The van der Waals surface area contributed by atoms with Gasteiger partial charge in [0, 0.05) is 11.6 Å². The molecule has 150 valence electrons. The molecule has 0 aromatic heterocycles. The Hall–Kier alpha value is -2.77. The smallest absolute Gasteiger partial charge is 0.326 e. The molecule has 0 saturated heterocycles. The molecule has 8 nitrogen and oxygen atoms in total. The number of carbonyl (C=O) groups excluding carboxylic acids is 2. The van der Waals surface area contributed by atoms with Crippen LogP contribution >= 0.6 is 0 Å². The average molecular weight is 380 g/mol. The van der Waals surface area contributed by atoms with E-state index in [0.717, 1.165) is 0 Å². The Labute approximate surface area is 159 Å². The third-order valence-corrected chi connectivity index (χ3v) is 3.54. The lowest BCUT2D eigenvalue weighted by atomic mass is 10.0. The van der Waals surface area contributed by atoms with Gasteiger partial charge in [-0.05, 0) is 44.4 Å². The van der Waals surface area contributed by atoms with Crippen molar-refractivity contribution in [1.29, 1.82) is 0 Å². The molecule has 8 heteroatoms. The number of ether oxygens (including phenoxy) is 2. The van der Waals surface area contributed by atoms with Gasteiger partial charge in [0.2, 0.25) is 0 Å². The lowest BCUT2D eigenvalue weighted by Crippen LogP contribution is -2.41. The third kappa shape index (κ3) is 7.55. The second-order valence-electron chi connectivity index (χ2n) is 6.87. The minimum absolute atomic E-state index is 0.00193. The Morgan fingerprint density at radius 2 is 1.74 bits per heavy atom. The molecule has 0 radical (unpaired) electrons. The van der Waals surface area contributed by atoms with E-state index in [1.165, 1.54) is 25.3 Å². The molecule has 2 amide bonds. The fourth-order valence-corrected chi connectivity index (χ4v) is 2.37. The van der Waals surface area contributed by atoms with Crippen LogP contribution < -0.4 is 20.1 Å². The van der Waals surface area contributed by atoms with Crippen molar-refractivity contribution in [3.8, 4) is 11.5 Å². The molecule has 1 rings (SSSR count). The highest BCUT2D eigenvalue weighted by Gasteiger charge is 2.22. The van der Waals surface area contributed by atoms with Gasteiger partial charge in [-0.2, -0.15) is 0 Å². The van der Waals surface area contributed by atoms with Crippen molar-refractivity contribution >= 4 is 17.8 Å². The number of carbonyl (C=O) groups is 3. The van der Waals surface area contributed by atoms with Crippen molar-refractivity contribution in [2.75, 3.05) is 13.7 Å². The van der Waals surface area contributed by atoms with Gasteiger partial charge in [0.05, 0.1) is 7.11 Å². The van der Waals surface area contributed by atoms with Gasteiger partial charge in [0.25, 0.3) is 11.8 Å². The first kappa shape index (κ1) is 22.3. The highest BCUT2D eigenvalue weighted by atomic mass is 16.5. The number of nitrogens with one attached hydrogen (secondary N) is 2. The highest BCUT2D eigenvalue weighted by Crippen LogP contribution is 2.28. The summed E-state index contributed by atoms with van der Waals surface area (Å²) in [6, 6.07) is 3.47. The fraction of sp³-hybridized carbons (Fsp3) is 0.526. The first-order chi connectivity index (χ1) is 12.6. The molecule has 0 aliphatic rings. The van der Waals surface area contributed by atoms with Crippen LogP contribution in [-0.2, 0) is 9.59 Å². The number of benzene rings is 1. The summed E-state index contributed by atoms with van der Waals surface area (Å²) in [7, 11) is 1.41. The second kappa shape index (κ2) is 10.4. The van der Waals surface area contributed by atoms with Gasteiger partial charge in [-0.25, -0.2) is 4.79 Å². The maximum absolute atomic E-state index is 12.4. The standard InChI is InChI=1S/C19H28N2O6/c1-11(2)8-14(19(24)25)21-18(23)13-6-7-15(16(9-13)26-5)27-10-17(22)20-12(3)4/h6-7,9,11-12,14H,8,10H2,1-5H3,(H,20,22)(H,21,23)(H,24,25)/t14-/m0/s1. The summed E-state index contributed by atoms with van der Waals surface area (Å²) in [5.41, 5.74) is 0.237. The van der Waals surface area contributed by atoms with Gasteiger partial charge >= 0.3 is 5.97 Å². The van der Waals surface area contributed by atoms with Crippen molar-refractivity contribution in [2.45, 2.75) is 46.2 Å². The van der Waals surface area contributed by atoms with E-state index in [0.29, 0.717) is 12.2 Å². The molecule has 1 aromatic carbocycles. The Bertz CT molecular complexity index is 672. The molecule has 0 fully saturated rings. The van der Waals surface area contributed by atoms with Crippen LogP contribution in [0.5, 0.6) is 11.5 Å². The first-order valence-corrected chi connectivity index (χ1v) is 8.77. The number of carboxylic acid groups (broad SMARTS) is 1. The van der Waals surface area contributed by atoms with Gasteiger partial charge in [-0.1, -0.05) is 13.8 Å². The summed E-state index contributed by atoms with van der Waals surface area (Å²) >= 11 is 0. The van der Waals surface area contributed by atoms with Crippen molar-refractivity contribution in [1.82, 2.24) is 10.6 Å². The number of hydrogen-bond acceptors (Lipinski definition) is 5. The average Bonchev–Trinajstić information content (AvgIpc) is 2.57. The second-order valence-corrected chi connectivity index (χ2v) is 6.87. The maximum Gasteiger partial charge on any atom is 0.326 e. The van der Waals surface area contributed by atoms with E-state index in [2.05, 4.69) is 10.6 Å². The van der Waals surface area contributed by atoms with Crippen LogP contribution in [0, 0.1) is 5.92 Å². The zero-order chi connectivity index (χ0) is 20.6. The predicted molar refractivity (Wildman–Crippen MR) is 100 cm³/mol. The molecule has 1 aromatic rings. The SMILES string of the molecule is COc1cc(C(=O)N[C@@H](CC(C)C)C(=O)O)ccc1OCC(=O)NC(C)C. The number of rotatable bonds is 10. The van der Waals surface area contributed by atoms with Crippen LogP contribution in [0.2, 0.25) is 0 Å². The van der Waals surface area contributed by atoms with Crippen LogP contribution in [0.3, 0.4) is 0 Å². The molecule has 0 spiro atoms. The van der Waals surface area contributed by atoms with E-state index in [9.17, 15) is 19.5 Å². The number of amides is 2. The van der Waals surface area contributed by atoms with Crippen LogP contribution in [0.15, 0.2) is 18.2 Å². The Kier molecular flexibility index (Phi) is 8.58. The molecule has 0 aliphatic heterocycles. The molecule has 3 N–H and O–H groups in total. The quantitative estimate of drug-likeness (QED) is 0.571. The molecule has 0 heterocycles. The van der Waals surface area contributed by atoms with Gasteiger partial charge in [0.1, 0.15) is 6.04 Å². The third-order valence-electron chi connectivity index (χ3n) is 3.54. The Balaban J connectivity index is 2.84. The molecular weight excluding hydrogens is 352 g/mol. The van der Waals surface area contributed by atoms with Crippen molar-refractivity contribution in [3.63, 3.8) is 0 Å². The Morgan fingerprint density at radius 1 is 1.07 bits per heavy atom. The molecule has 0 saturated carbocycles. The van der Waals surface area contributed by atoms with Crippen molar-refractivity contribution in [3.05, 3.63) is 23.8 Å². The zero-order valence-corrected chi connectivity index (χ0v) is 16.4. The topological polar surface area (TPSA) is 114 Å². The zero-order valence-electron chi connectivity index (χ0n) is 16.4. The van der Waals surface area contributed by atoms with E-state index in [1.54, 1.807) is 0 Å². The van der Waals surface area contributed by atoms with E-state index in [-0.39, 0.29) is 35.8 Å². The van der Waals surface area contributed by atoms with Crippen LogP contribution in [-0.4, -0.2) is 48.7 Å². The summed E-state index contributed by atoms with van der Waals surface area (Å²) in [4.78, 5) is 35.4. The number of aliphatic carboxylic acids is 1. The number of carboxylic acids is 1. The Morgan fingerprint density at radius 3 is 2.26 bits per heavy atom.